The van der Waals surface area contributed by atoms with Gasteiger partial charge in [-0.3, -0.25) is 0 Å². The molecule has 2 aliphatic carbocycles. The summed E-state index contributed by atoms with van der Waals surface area (Å²) in [6.45, 7) is 2.22. The molecule has 2 aliphatic rings. The summed E-state index contributed by atoms with van der Waals surface area (Å²) in [5, 5.41) is 0. The zero-order chi connectivity index (χ0) is 16.1. The molecule has 1 aromatic rings. The van der Waals surface area contributed by atoms with Gasteiger partial charge in [0.25, 0.3) is 0 Å². The van der Waals surface area contributed by atoms with E-state index in [1.165, 1.54) is 67.3 Å². The third-order valence-corrected chi connectivity index (χ3v) is 7.68. The third kappa shape index (κ3) is 5.41. The Balaban J connectivity index is 0.000000188. The van der Waals surface area contributed by atoms with Crippen LogP contribution in [-0.2, 0) is 26.4 Å². The molecule has 3 nitrogen and oxygen atoms in total. The van der Waals surface area contributed by atoms with Crippen molar-refractivity contribution in [3.63, 3.8) is 0 Å². The Morgan fingerprint density at radius 2 is 1.59 bits per heavy atom. The van der Waals surface area contributed by atoms with E-state index >= 15 is 0 Å². The molecule has 0 unspecified atom stereocenters. The second-order valence-corrected chi connectivity index (χ2v) is 11.4. The van der Waals surface area contributed by atoms with E-state index in [4.69, 9.17) is 0 Å². The van der Waals surface area contributed by atoms with Gasteiger partial charge in [0, 0.05) is 51.8 Å². The Kier molecular flexibility index (Phi) is 8.67. The Morgan fingerprint density at radius 1 is 1.05 bits per heavy atom. The first kappa shape index (κ1) is 19.6. The summed E-state index contributed by atoms with van der Waals surface area (Å²) in [7, 11) is 2.13. The monoisotopic (exact) mass is 710 g/mol. The fourth-order valence-electron chi connectivity index (χ4n) is 3.56. The van der Waals surface area contributed by atoms with Crippen molar-refractivity contribution >= 4 is 45.7 Å². The molecule has 2 fully saturated rings. The maximum atomic E-state index is 2.51. The molecule has 0 N–H and O–H groups in total. The first-order chi connectivity index (χ1) is 10.5. The predicted molar refractivity (Wildman–Crippen MR) is 106 cm³/mol. The SMILES string of the molecule is Cc1cn(C)[c](=[Pt])n1C1CCCCC1.IN(I)C1CCCC1. The molecular formula is C16H27I2N3Pt. The van der Waals surface area contributed by atoms with Gasteiger partial charge in [0.15, 0.2) is 0 Å². The summed E-state index contributed by atoms with van der Waals surface area (Å²) in [4.78, 5) is 0. The van der Waals surface area contributed by atoms with Crippen molar-refractivity contribution in [2.75, 3.05) is 0 Å². The summed E-state index contributed by atoms with van der Waals surface area (Å²) < 4.78 is 8.39. The first-order valence-corrected chi connectivity index (χ1v) is 11.4. The zero-order valence-corrected chi connectivity index (χ0v) is 20.1. The Hall–Kier alpha value is 1.32. The maximum Gasteiger partial charge on any atom is 0.0311 e. The molecule has 3 rings (SSSR count). The molecule has 0 aliphatic heterocycles. The standard InChI is InChI=1S/C11H18N2.C5H9I2N.Pt/c1-10-8-12(2)9-13(10)11-6-4-3-5-7-11;6-8(7)5-3-1-2-4-5;/h8,11H,3-7H2,1-2H3;5H,1-4H2;. The Labute approximate surface area is 173 Å². The topological polar surface area (TPSA) is 13.1 Å². The van der Waals surface area contributed by atoms with Crippen molar-refractivity contribution in [2.24, 2.45) is 7.05 Å². The average Bonchev–Trinajstić information content (AvgIpc) is 3.10. The fraction of sp³-hybridized carbons (Fsp3) is 0.812. The van der Waals surface area contributed by atoms with Crippen LogP contribution in [0.25, 0.3) is 0 Å². The largest absolute Gasteiger partial charge is 0.185 e. The minimum absolute atomic E-state index is 0.762. The van der Waals surface area contributed by atoms with Crippen LogP contribution in [-0.4, -0.2) is 16.5 Å². The predicted octanol–water partition coefficient (Wildman–Crippen LogP) is 5.65. The van der Waals surface area contributed by atoms with E-state index in [0.717, 1.165) is 12.1 Å². The molecule has 0 spiro atoms. The zero-order valence-electron chi connectivity index (χ0n) is 13.5. The number of hydrogen-bond acceptors (Lipinski definition) is 1. The van der Waals surface area contributed by atoms with Crippen molar-refractivity contribution in [3.8, 4) is 0 Å². The molecule has 0 atom stereocenters. The van der Waals surface area contributed by atoms with Gasteiger partial charge in [-0.05, 0) is 12.8 Å². The van der Waals surface area contributed by atoms with Crippen LogP contribution in [0.1, 0.15) is 69.5 Å². The summed E-state index contributed by atoms with van der Waals surface area (Å²) in [5.74, 6) is 0. The van der Waals surface area contributed by atoms with Gasteiger partial charge in [-0.15, -0.1) is 0 Å². The first-order valence-electron chi connectivity index (χ1n) is 8.31. The van der Waals surface area contributed by atoms with Gasteiger partial charge in [-0.1, -0.05) is 12.8 Å². The number of nitrogens with zero attached hydrogens (tertiary/aromatic N) is 3. The molecule has 0 radical (unpaired) electrons. The van der Waals surface area contributed by atoms with Crippen LogP contribution >= 0.6 is 45.7 Å². The maximum absolute atomic E-state index is 2.51. The third-order valence-electron chi connectivity index (χ3n) is 4.75. The van der Waals surface area contributed by atoms with Gasteiger partial charge < -0.3 is 0 Å². The number of rotatable bonds is 2. The summed E-state index contributed by atoms with van der Waals surface area (Å²) in [6.07, 6.45) is 14.9. The minimum Gasteiger partial charge on any atom is -0.185 e. The van der Waals surface area contributed by atoms with Gasteiger partial charge in [0.05, 0.1) is 0 Å². The van der Waals surface area contributed by atoms with Crippen LogP contribution in [0.4, 0.5) is 0 Å². The van der Waals surface area contributed by atoms with E-state index in [1.54, 1.807) is 0 Å². The van der Waals surface area contributed by atoms with E-state index in [-0.39, 0.29) is 0 Å². The summed E-state index contributed by atoms with van der Waals surface area (Å²) in [5.41, 5.74) is 1.41. The van der Waals surface area contributed by atoms with Crippen molar-refractivity contribution in [1.82, 2.24) is 10.5 Å². The van der Waals surface area contributed by atoms with Gasteiger partial charge in [0.2, 0.25) is 0 Å². The molecule has 130 valence electrons. The Bertz CT molecular complexity index is 512. The molecule has 22 heavy (non-hydrogen) atoms. The van der Waals surface area contributed by atoms with Crippen LogP contribution < -0.4 is 0 Å². The number of aryl methyl sites for hydroxylation is 2. The number of hydrogen-bond donors (Lipinski definition) is 0. The van der Waals surface area contributed by atoms with E-state index in [0.29, 0.717) is 0 Å². The van der Waals surface area contributed by atoms with E-state index in [1.807, 2.05) is 0 Å². The van der Waals surface area contributed by atoms with E-state index in [9.17, 15) is 0 Å². The molecular weight excluding hydrogens is 683 g/mol. The second kappa shape index (κ2) is 9.71. The molecule has 2 saturated carbocycles. The van der Waals surface area contributed by atoms with Crippen molar-refractivity contribution in [1.29, 1.82) is 0 Å². The second-order valence-electron chi connectivity index (χ2n) is 6.48. The molecule has 0 amide bonds. The number of imidazole rings is 1. The van der Waals surface area contributed by atoms with Crippen LogP contribution in [0.5, 0.6) is 0 Å². The number of halogens is 2. The van der Waals surface area contributed by atoms with E-state index in [2.05, 4.69) is 95.7 Å². The van der Waals surface area contributed by atoms with Crippen molar-refractivity contribution < 1.29 is 19.4 Å². The molecule has 1 aromatic heterocycles. The fourth-order valence-corrected chi connectivity index (χ4v) is 5.64. The molecule has 6 heteroatoms. The van der Waals surface area contributed by atoms with Gasteiger partial charge in [0.1, 0.15) is 0 Å². The molecule has 0 bridgehead atoms. The van der Waals surface area contributed by atoms with Crippen LogP contribution in [0, 0.1) is 10.7 Å². The van der Waals surface area contributed by atoms with Gasteiger partial charge >= 0.3 is 96.3 Å². The van der Waals surface area contributed by atoms with Gasteiger partial charge in [-0.25, -0.2) is 0 Å². The summed E-state index contributed by atoms with van der Waals surface area (Å²) >= 11 is 7.17. The van der Waals surface area contributed by atoms with E-state index < -0.39 is 0 Å². The van der Waals surface area contributed by atoms with Gasteiger partial charge in [-0.2, -0.15) is 1.33 Å². The normalized spacial score (nSPS) is 20.3. The summed E-state index contributed by atoms with van der Waals surface area (Å²) in [6, 6.07) is 1.63. The average molecular weight is 710 g/mol. The molecule has 0 saturated heterocycles. The van der Waals surface area contributed by atoms with Crippen LogP contribution in [0.3, 0.4) is 0 Å². The number of aromatic nitrogens is 2. The smallest absolute Gasteiger partial charge is 0.0311 e. The van der Waals surface area contributed by atoms with Crippen LogP contribution in [0.2, 0.25) is 0 Å². The van der Waals surface area contributed by atoms with Crippen molar-refractivity contribution in [2.45, 2.75) is 76.8 Å². The molecule has 1 heterocycles. The van der Waals surface area contributed by atoms with Crippen LogP contribution in [0.15, 0.2) is 6.20 Å². The van der Waals surface area contributed by atoms with Crippen molar-refractivity contribution in [3.05, 3.63) is 15.7 Å². The quantitative estimate of drug-likeness (QED) is 0.286. The minimum atomic E-state index is 0.762. The molecule has 0 aromatic carbocycles. The Morgan fingerprint density at radius 3 is 2.00 bits per heavy atom.